The fourth-order valence-electron chi connectivity index (χ4n) is 2.16. The van der Waals surface area contributed by atoms with Crippen molar-refractivity contribution in [3.8, 4) is 0 Å². The number of nitrogens with one attached hydrogen (secondary N) is 1. The van der Waals surface area contributed by atoms with Crippen LogP contribution < -0.4 is 5.32 Å². The van der Waals surface area contributed by atoms with E-state index < -0.39 is 0 Å². The van der Waals surface area contributed by atoms with Crippen molar-refractivity contribution in [1.29, 1.82) is 0 Å². The zero-order chi connectivity index (χ0) is 13.0. The van der Waals surface area contributed by atoms with Gasteiger partial charge in [-0.2, -0.15) is 0 Å². The Balaban J connectivity index is 1.88. The van der Waals surface area contributed by atoms with Gasteiger partial charge in [0.1, 0.15) is 0 Å². The van der Waals surface area contributed by atoms with Crippen molar-refractivity contribution in [1.82, 2.24) is 10.2 Å². The number of likely N-dealkylation sites (tertiary alicyclic amines) is 1. The molecule has 18 heavy (non-hydrogen) atoms. The quantitative estimate of drug-likeness (QED) is 0.875. The fourth-order valence-corrected chi connectivity index (χ4v) is 2.16. The molecule has 0 saturated carbocycles. The van der Waals surface area contributed by atoms with E-state index in [1.165, 1.54) is 0 Å². The SMILES string of the molecule is Cc1ccccc1C(=O)NCC(=O)N1CCCC1. The number of hydrogen-bond acceptors (Lipinski definition) is 2. The number of carbonyl (C=O) groups is 2. The van der Waals surface area contributed by atoms with E-state index in [4.69, 9.17) is 0 Å². The molecule has 0 radical (unpaired) electrons. The van der Waals surface area contributed by atoms with Gasteiger partial charge in [-0.15, -0.1) is 0 Å². The topological polar surface area (TPSA) is 49.4 Å². The lowest BCUT2D eigenvalue weighted by Gasteiger charge is -2.15. The van der Waals surface area contributed by atoms with Gasteiger partial charge in [-0.05, 0) is 31.4 Å². The van der Waals surface area contributed by atoms with Gasteiger partial charge in [0.15, 0.2) is 0 Å². The van der Waals surface area contributed by atoms with E-state index >= 15 is 0 Å². The van der Waals surface area contributed by atoms with E-state index in [2.05, 4.69) is 5.32 Å². The molecule has 4 heteroatoms. The number of hydrogen-bond donors (Lipinski definition) is 1. The summed E-state index contributed by atoms with van der Waals surface area (Å²) in [5.74, 6) is -0.171. The van der Waals surface area contributed by atoms with Gasteiger partial charge in [-0.1, -0.05) is 18.2 Å². The predicted molar refractivity (Wildman–Crippen MR) is 69.3 cm³/mol. The van der Waals surface area contributed by atoms with Crippen molar-refractivity contribution < 1.29 is 9.59 Å². The van der Waals surface area contributed by atoms with Crippen LogP contribution in [-0.4, -0.2) is 36.3 Å². The number of carbonyl (C=O) groups excluding carboxylic acids is 2. The molecule has 0 aliphatic carbocycles. The van der Waals surface area contributed by atoms with Gasteiger partial charge in [-0.3, -0.25) is 9.59 Å². The minimum atomic E-state index is -0.180. The van der Waals surface area contributed by atoms with Gasteiger partial charge in [0.2, 0.25) is 5.91 Å². The van der Waals surface area contributed by atoms with E-state index in [0.29, 0.717) is 5.56 Å². The smallest absolute Gasteiger partial charge is 0.251 e. The first-order valence-electron chi connectivity index (χ1n) is 6.30. The van der Waals surface area contributed by atoms with Crippen molar-refractivity contribution in [2.75, 3.05) is 19.6 Å². The molecular formula is C14H18N2O2. The van der Waals surface area contributed by atoms with Crippen LogP contribution in [0.15, 0.2) is 24.3 Å². The van der Waals surface area contributed by atoms with Crippen molar-refractivity contribution in [3.63, 3.8) is 0 Å². The average Bonchev–Trinajstić information content (AvgIpc) is 2.90. The summed E-state index contributed by atoms with van der Waals surface area (Å²) in [5, 5.41) is 2.69. The van der Waals surface area contributed by atoms with Gasteiger partial charge >= 0.3 is 0 Å². The third kappa shape index (κ3) is 2.88. The Labute approximate surface area is 107 Å². The lowest BCUT2D eigenvalue weighted by molar-refractivity contribution is -0.129. The molecule has 0 unspecified atom stereocenters. The van der Waals surface area contributed by atoms with E-state index in [1.807, 2.05) is 25.1 Å². The maximum Gasteiger partial charge on any atom is 0.251 e. The zero-order valence-electron chi connectivity index (χ0n) is 10.6. The first kappa shape index (κ1) is 12.6. The van der Waals surface area contributed by atoms with Gasteiger partial charge in [0, 0.05) is 18.7 Å². The highest BCUT2D eigenvalue weighted by atomic mass is 16.2. The largest absolute Gasteiger partial charge is 0.343 e. The summed E-state index contributed by atoms with van der Waals surface area (Å²) in [6.45, 7) is 3.61. The molecular weight excluding hydrogens is 228 g/mol. The Morgan fingerprint density at radius 1 is 1.22 bits per heavy atom. The Morgan fingerprint density at radius 3 is 2.56 bits per heavy atom. The molecule has 1 aliphatic heterocycles. The monoisotopic (exact) mass is 246 g/mol. The van der Waals surface area contributed by atoms with Crippen LogP contribution in [0.4, 0.5) is 0 Å². The number of nitrogens with zero attached hydrogens (tertiary/aromatic N) is 1. The molecule has 1 heterocycles. The summed E-state index contributed by atoms with van der Waals surface area (Å²) in [6.07, 6.45) is 2.13. The molecule has 1 N–H and O–H groups in total. The Bertz CT molecular complexity index is 451. The molecule has 1 aromatic carbocycles. The van der Waals surface area contributed by atoms with E-state index in [9.17, 15) is 9.59 Å². The molecule has 2 rings (SSSR count). The molecule has 1 aromatic rings. The van der Waals surface area contributed by atoms with Crippen LogP contribution in [0.1, 0.15) is 28.8 Å². The second-order valence-corrected chi connectivity index (χ2v) is 4.59. The number of rotatable bonds is 3. The highest BCUT2D eigenvalue weighted by molar-refractivity contribution is 5.97. The van der Waals surface area contributed by atoms with Gasteiger partial charge in [0.05, 0.1) is 6.54 Å². The van der Waals surface area contributed by atoms with E-state index in [0.717, 1.165) is 31.5 Å². The summed E-state index contributed by atoms with van der Waals surface area (Å²) in [6, 6.07) is 7.37. The van der Waals surface area contributed by atoms with Gasteiger partial charge in [0.25, 0.3) is 5.91 Å². The summed E-state index contributed by atoms with van der Waals surface area (Å²) in [7, 11) is 0. The molecule has 4 nitrogen and oxygen atoms in total. The number of aryl methyl sites for hydroxylation is 1. The Kier molecular flexibility index (Phi) is 3.97. The fraction of sp³-hybridized carbons (Fsp3) is 0.429. The predicted octanol–water partition coefficient (Wildman–Crippen LogP) is 1.35. The van der Waals surface area contributed by atoms with E-state index in [-0.39, 0.29) is 18.4 Å². The van der Waals surface area contributed by atoms with E-state index in [1.54, 1.807) is 11.0 Å². The van der Waals surface area contributed by atoms with Gasteiger partial charge < -0.3 is 10.2 Å². The molecule has 0 aromatic heterocycles. The lowest BCUT2D eigenvalue weighted by atomic mass is 10.1. The summed E-state index contributed by atoms with van der Waals surface area (Å²) < 4.78 is 0. The van der Waals surface area contributed by atoms with Crippen molar-refractivity contribution in [2.24, 2.45) is 0 Å². The minimum absolute atomic E-state index is 0.00874. The lowest BCUT2D eigenvalue weighted by Crippen LogP contribution is -2.38. The molecule has 96 valence electrons. The van der Waals surface area contributed by atoms with Crippen molar-refractivity contribution in [3.05, 3.63) is 35.4 Å². The van der Waals surface area contributed by atoms with Crippen LogP contribution in [0, 0.1) is 6.92 Å². The molecule has 1 aliphatic rings. The van der Waals surface area contributed by atoms with Crippen LogP contribution >= 0.6 is 0 Å². The number of amides is 2. The average molecular weight is 246 g/mol. The number of benzene rings is 1. The minimum Gasteiger partial charge on any atom is -0.343 e. The highest BCUT2D eigenvalue weighted by Crippen LogP contribution is 2.08. The molecule has 0 spiro atoms. The normalized spacial score (nSPS) is 14.6. The molecule has 1 saturated heterocycles. The molecule has 2 amide bonds. The second kappa shape index (κ2) is 5.67. The first-order valence-corrected chi connectivity index (χ1v) is 6.30. The van der Waals surface area contributed by atoms with Crippen LogP contribution in [0.2, 0.25) is 0 Å². The zero-order valence-corrected chi connectivity index (χ0v) is 10.6. The van der Waals surface area contributed by atoms with Gasteiger partial charge in [-0.25, -0.2) is 0 Å². The third-order valence-electron chi connectivity index (χ3n) is 3.25. The Hall–Kier alpha value is -1.84. The maximum absolute atomic E-state index is 11.9. The van der Waals surface area contributed by atoms with Crippen molar-refractivity contribution in [2.45, 2.75) is 19.8 Å². The van der Waals surface area contributed by atoms with Crippen molar-refractivity contribution >= 4 is 11.8 Å². The molecule has 0 atom stereocenters. The third-order valence-corrected chi connectivity index (χ3v) is 3.25. The van der Waals surface area contributed by atoms with Crippen LogP contribution in [0.5, 0.6) is 0 Å². The van der Waals surface area contributed by atoms with Crippen LogP contribution in [-0.2, 0) is 4.79 Å². The van der Waals surface area contributed by atoms with Crippen LogP contribution in [0.3, 0.4) is 0 Å². The Morgan fingerprint density at radius 2 is 1.89 bits per heavy atom. The standard InChI is InChI=1S/C14H18N2O2/c1-11-6-2-3-7-12(11)14(18)15-10-13(17)16-8-4-5-9-16/h2-3,6-7H,4-5,8-10H2,1H3,(H,15,18). The molecule has 1 fully saturated rings. The maximum atomic E-state index is 11.9. The highest BCUT2D eigenvalue weighted by Gasteiger charge is 2.18. The summed E-state index contributed by atoms with van der Waals surface area (Å²) in [5.41, 5.74) is 1.55. The second-order valence-electron chi connectivity index (χ2n) is 4.59. The van der Waals surface area contributed by atoms with Crippen LogP contribution in [0.25, 0.3) is 0 Å². The molecule has 0 bridgehead atoms. The first-order chi connectivity index (χ1) is 8.68. The summed E-state index contributed by atoms with van der Waals surface area (Å²) in [4.78, 5) is 25.5. The summed E-state index contributed by atoms with van der Waals surface area (Å²) >= 11 is 0.